The third-order valence-corrected chi connectivity index (χ3v) is 4.54. The lowest BCUT2D eigenvalue weighted by atomic mass is 10.1. The zero-order valence-electron chi connectivity index (χ0n) is 12.1. The third-order valence-electron chi connectivity index (χ3n) is 3.76. The van der Waals surface area contributed by atoms with E-state index in [0.717, 1.165) is 27.7 Å². The smallest absolute Gasteiger partial charge is 0.0834 e. The second kappa shape index (κ2) is 6.80. The molecule has 8 heteroatoms. The number of H-pyrrole nitrogens is 2. The van der Waals surface area contributed by atoms with E-state index in [4.69, 9.17) is 23.2 Å². The molecule has 0 saturated heterocycles. The standard InChI is InChI=1S/C15H16Cl2N4O2/c16-11-1-12(18-2-8(6-22)7-23)13-10(9-3-20-21-4-9)5-19-15(13)14(11)17/h1,3-5,8,18-19,22-23H,2,6-7H2,(H,20,21). The molecular weight excluding hydrogens is 339 g/mol. The highest BCUT2D eigenvalue weighted by Gasteiger charge is 2.17. The molecule has 0 fully saturated rings. The molecule has 23 heavy (non-hydrogen) atoms. The lowest BCUT2D eigenvalue weighted by molar-refractivity contribution is 0.158. The highest BCUT2D eigenvalue weighted by molar-refractivity contribution is 6.46. The maximum atomic E-state index is 9.22. The summed E-state index contributed by atoms with van der Waals surface area (Å²) in [5.74, 6) is -0.254. The van der Waals surface area contributed by atoms with E-state index in [-0.39, 0.29) is 19.1 Å². The van der Waals surface area contributed by atoms with Crippen molar-refractivity contribution in [2.75, 3.05) is 25.1 Å². The Hall–Kier alpha value is -1.73. The number of aliphatic hydroxyl groups is 2. The summed E-state index contributed by atoms with van der Waals surface area (Å²) in [6, 6.07) is 1.75. The van der Waals surface area contributed by atoms with Gasteiger partial charge >= 0.3 is 0 Å². The topological polar surface area (TPSA) is 97.0 Å². The summed E-state index contributed by atoms with van der Waals surface area (Å²) < 4.78 is 0. The first-order valence-corrected chi connectivity index (χ1v) is 7.85. The van der Waals surface area contributed by atoms with Crippen molar-refractivity contribution >= 4 is 39.8 Å². The number of nitrogens with zero attached hydrogens (tertiary/aromatic N) is 1. The largest absolute Gasteiger partial charge is 0.396 e. The molecule has 0 spiro atoms. The van der Waals surface area contributed by atoms with Gasteiger partial charge in [0, 0.05) is 60.3 Å². The molecular formula is C15H16Cl2N4O2. The Bertz CT molecular complexity index is 798. The van der Waals surface area contributed by atoms with Gasteiger partial charge in [0.25, 0.3) is 0 Å². The van der Waals surface area contributed by atoms with Gasteiger partial charge in [-0.3, -0.25) is 5.10 Å². The molecule has 3 aromatic rings. The number of aromatic amines is 2. The van der Waals surface area contributed by atoms with Gasteiger partial charge in [-0.05, 0) is 6.07 Å². The Labute approximate surface area is 142 Å². The van der Waals surface area contributed by atoms with Crippen LogP contribution in [0.2, 0.25) is 10.0 Å². The van der Waals surface area contributed by atoms with E-state index >= 15 is 0 Å². The summed E-state index contributed by atoms with van der Waals surface area (Å²) in [4.78, 5) is 3.14. The first-order chi connectivity index (χ1) is 11.2. The Morgan fingerprint density at radius 2 is 2.00 bits per heavy atom. The van der Waals surface area contributed by atoms with Crippen molar-refractivity contribution < 1.29 is 10.2 Å². The molecule has 2 heterocycles. The fourth-order valence-corrected chi connectivity index (χ4v) is 2.87. The SMILES string of the molecule is OCC(CO)CNc1cc(Cl)c(Cl)c2[nH]cc(-c3cn[nH]c3)c12. The van der Waals surface area contributed by atoms with E-state index in [1.807, 2.05) is 6.20 Å². The van der Waals surface area contributed by atoms with Crippen molar-refractivity contribution in [2.24, 2.45) is 5.92 Å². The molecule has 0 radical (unpaired) electrons. The highest BCUT2D eigenvalue weighted by atomic mass is 35.5. The minimum atomic E-state index is -0.254. The number of anilines is 1. The molecule has 0 unspecified atom stereocenters. The molecule has 0 saturated carbocycles. The lowest BCUT2D eigenvalue weighted by Crippen LogP contribution is -2.21. The number of hydrogen-bond acceptors (Lipinski definition) is 4. The maximum Gasteiger partial charge on any atom is 0.0834 e. The van der Waals surface area contributed by atoms with Gasteiger partial charge in [-0.2, -0.15) is 5.10 Å². The quantitative estimate of drug-likeness (QED) is 0.470. The first-order valence-electron chi connectivity index (χ1n) is 7.09. The summed E-state index contributed by atoms with van der Waals surface area (Å²) in [5.41, 5.74) is 3.35. The Kier molecular flexibility index (Phi) is 4.77. The minimum Gasteiger partial charge on any atom is -0.396 e. The monoisotopic (exact) mass is 354 g/mol. The number of fused-ring (bicyclic) bond motifs is 1. The van der Waals surface area contributed by atoms with Crippen molar-refractivity contribution in [3.05, 3.63) is 34.7 Å². The van der Waals surface area contributed by atoms with Crippen LogP contribution in [-0.2, 0) is 0 Å². The predicted octanol–water partition coefficient (Wildman–Crippen LogP) is 2.88. The number of benzene rings is 1. The molecule has 0 amide bonds. The Balaban J connectivity index is 2.08. The van der Waals surface area contributed by atoms with Crippen LogP contribution in [0.5, 0.6) is 0 Å². The average molecular weight is 355 g/mol. The van der Waals surface area contributed by atoms with Gasteiger partial charge in [-0.1, -0.05) is 23.2 Å². The van der Waals surface area contributed by atoms with Crippen molar-refractivity contribution in [1.82, 2.24) is 15.2 Å². The molecule has 0 bridgehead atoms. The average Bonchev–Trinajstić information content (AvgIpc) is 3.21. The van der Waals surface area contributed by atoms with Crippen LogP contribution >= 0.6 is 23.2 Å². The van der Waals surface area contributed by atoms with E-state index in [1.54, 1.807) is 18.5 Å². The van der Waals surface area contributed by atoms with E-state index in [9.17, 15) is 10.2 Å². The number of aliphatic hydroxyl groups excluding tert-OH is 2. The molecule has 6 nitrogen and oxygen atoms in total. The number of hydrogen-bond donors (Lipinski definition) is 5. The van der Waals surface area contributed by atoms with Crippen LogP contribution in [0.1, 0.15) is 0 Å². The van der Waals surface area contributed by atoms with Gasteiger partial charge in [-0.25, -0.2) is 0 Å². The second-order valence-electron chi connectivity index (χ2n) is 5.27. The zero-order valence-corrected chi connectivity index (χ0v) is 13.6. The predicted molar refractivity (Wildman–Crippen MR) is 92.1 cm³/mol. The van der Waals surface area contributed by atoms with Crippen molar-refractivity contribution in [2.45, 2.75) is 0 Å². The van der Waals surface area contributed by atoms with Gasteiger partial charge in [0.1, 0.15) is 0 Å². The molecule has 0 aliphatic carbocycles. The molecule has 122 valence electrons. The normalized spacial score (nSPS) is 11.5. The minimum absolute atomic E-state index is 0.101. The molecule has 5 N–H and O–H groups in total. The number of aromatic nitrogens is 3. The lowest BCUT2D eigenvalue weighted by Gasteiger charge is -2.15. The number of nitrogens with one attached hydrogen (secondary N) is 3. The number of halogens is 2. The van der Waals surface area contributed by atoms with Gasteiger partial charge in [0.2, 0.25) is 0 Å². The van der Waals surface area contributed by atoms with Crippen LogP contribution < -0.4 is 5.32 Å². The van der Waals surface area contributed by atoms with Crippen LogP contribution in [0, 0.1) is 5.92 Å². The summed E-state index contributed by atoms with van der Waals surface area (Å²) in [5, 5.41) is 30.2. The summed E-state index contributed by atoms with van der Waals surface area (Å²) >= 11 is 12.5. The summed E-state index contributed by atoms with van der Waals surface area (Å²) in [6.45, 7) is 0.210. The van der Waals surface area contributed by atoms with Crippen molar-refractivity contribution in [1.29, 1.82) is 0 Å². The fourth-order valence-electron chi connectivity index (χ4n) is 2.46. The van der Waals surface area contributed by atoms with Crippen LogP contribution in [0.3, 0.4) is 0 Å². The van der Waals surface area contributed by atoms with Crippen LogP contribution in [-0.4, -0.2) is 45.2 Å². The van der Waals surface area contributed by atoms with E-state index < -0.39 is 0 Å². The van der Waals surface area contributed by atoms with Crippen LogP contribution in [0.4, 0.5) is 5.69 Å². The van der Waals surface area contributed by atoms with E-state index in [1.165, 1.54) is 0 Å². The highest BCUT2D eigenvalue weighted by Crippen LogP contribution is 2.40. The third kappa shape index (κ3) is 3.03. The maximum absolute atomic E-state index is 9.22. The summed E-state index contributed by atoms with van der Waals surface area (Å²) in [6.07, 6.45) is 5.36. The molecule has 0 atom stereocenters. The van der Waals surface area contributed by atoms with Gasteiger partial charge in [0.05, 0.1) is 21.8 Å². The summed E-state index contributed by atoms with van der Waals surface area (Å²) in [7, 11) is 0. The van der Waals surface area contributed by atoms with Crippen molar-refractivity contribution in [3.63, 3.8) is 0 Å². The van der Waals surface area contributed by atoms with Gasteiger partial charge < -0.3 is 20.5 Å². The van der Waals surface area contributed by atoms with E-state index in [0.29, 0.717) is 16.6 Å². The molecule has 2 aromatic heterocycles. The molecule has 0 aliphatic rings. The molecule has 1 aromatic carbocycles. The fraction of sp³-hybridized carbons (Fsp3) is 0.267. The number of rotatable bonds is 6. The van der Waals surface area contributed by atoms with Gasteiger partial charge in [0.15, 0.2) is 0 Å². The Morgan fingerprint density at radius 3 is 2.65 bits per heavy atom. The molecule has 0 aliphatic heterocycles. The van der Waals surface area contributed by atoms with E-state index in [2.05, 4.69) is 20.5 Å². The molecule has 3 rings (SSSR count). The van der Waals surface area contributed by atoms with Crippen molar-refractivity contribution in [3.8, 4) is 11.1 Å². The van der Waals surface area contributed by atoms with Crippen LogP contribution in [0.15, 0.2) is 24.7 Å². The first kappa shape index (κ1) is 16.1. The zero-order chi connectivity index (χ0) is 16.4. The van der Waals surface area contributed by atoms with Gasteiger partial charge in [-0.15, -0.1) is 0 Å². The second-order valence-corrected chi connectivity index (χ2v) is 6.06. The van der Waals surface area contributed by atoms with Crippen LogP contribution in [0.25, 0.3) is 22.0 Å². The Morgan fingerprint density at radius 1 is 1.22 bits per heavy atom.